The molecule has 0 aliphatic heterocycles. The highest BCUT2D eigenvalue weighted by Crippen LogP contribution is 2.32. The Hall–Kier alpha value is -3.47. The molecule has 3 rings (SSSR count). The Morgan fingerprint density at radius 2 is 1.45 bits per heavy atom. The highest BCUT2D eigenvalue weighted by Gasteiger charge is 2.33. The average Bonchev–Trinajstić information content (AvgIpc) is 2.98. The fourth-order valence-electron chi connectivity index (χ4n) is 4.07. The molecule has 0 unspecified atom stereocenters. The molecule has 0 radical (unpaired) electrons. The monoisotopic (exact) mass is 635 g/mol. The maximum atomic E-state index is 14.1. The predicted molar refractivity (Wildman–Crippen MR) is 165 cm³/mol. The van der Waals surface area contributed by atoms with Crippen molar-refractivity contribution in [3.8, 4) is 11.5 Å². The first kappa shape index (κ1) is 33.0. The molecule has 0 aliphatic carbocycles. The van der Waals surface area contributed by atoms with E-state index in [0.717, 1.165) is 9.87 Å². The lowest BCUT2D eigenvalue weighted by atomic mass is 10.1. The number of rotatable bonds is 13. The van der Waals surface area contributed by atoms with Gasteiger partial charge in [0, 0.05) is 28.7 Å². The van der Waals surface area contributed by atoms with Gasteiger partial charge in [0.2, 0.25) is 11.8 Å². The van der Waals surface area contributed by atoms with Crippen LogP contribution in [0.1, 0.15) is 32.8 Å². The van der Waals surface area contributed by atoms with E-state index >= 15 is 0 Å². The fourth-order valence-corrected chi connectivity index (χ4v) is 5.76. The lowest BCUT2D eigenvalue weighted by Gasteiger charge is -2.32. The molecule has 0 saturated carbocycles. The molecule has 0 bridgehead atoms. The zero-order valence-electron chi connectivity index (χ0n) is 24.1. The van der Waals surface area contributed by atoms with E-state index in [4.69, 9.17) is 32.7 Å². The third-order valence-electron chi connectivity index (χ3n) is 6.77. The normalized spacial score (nSPS) is 12.6. The molecule has 3 aromatic carbocycles. The molecule has 2 amide bonds. The van der Waals surface area contributed by atoms with Gasteiger partial charge < -0.3 is 19.7 Å². The van der Waals surface area contributed by atoms with Gasteiger partial charge in [0.25, 0.3) is 10.0 Å². The zero-order chi connectivity index (χ0) is 31.0. The van der Waals surface area contributed by atoms with Crippen molar-refractivity contribution in [1.29, 1.82) is 0 Å². The molecule has 2 atom stereocenters. The van der Waals surface area contributed by atoms with E-state index in [9.17, 15) is 18.0 Å². The predicted octanol–water partition coefficient (Wildman–Crippen LogP) is 5.54. The highest BCUT2D eigenvalue weighted by atomic mass is 35.5. The minimum atomic E-state index is -4.31. The summed E-state index contributed by atoms with van der Waals surface area (Å²) in [4.78, 5) is 28.4. The second-order valence-corrected chi connectivity index (χ2v) is 12.4. The van der Waals surface area contributed by atoms with Crippen molar-refractivity contribution in [1.82, 2.24) is 10.2 Å². The van der Waals surface area contributed by atoms with E-state index in [0.29, 0.717) is 22.2 Å². The topological polar surface area (TPSA) is 105 Å². The van der Waals surface area contributed by atoms with Crippen molar-refractivity contribution in [3.63, 3.8) is 0 Å². The Kier molecular flexibility index (Phi) is 11.5. The summed E-state index contributed by atoms with van der Waals surface area (Å²) in [5.41, 5.74) is 0.933. The zero-order valence-corrected chi connectivity index (χ0v) is 26.5. The van der Waals surface area contributed by atoms with Crippen molar-refractivity contribution in [2.24, 2.45) is 0 Å². The van der Waals surface area contributed by atoms with Crippen molar-refractivity contribution < 1.29 is 27.5 Å². The van der Waals surface area contributed by atoms with Crippen molar-refractivity contribution in [3.05, 3.63) is 82.3 Å². The summed E-state index contributed by atoms with van der Waals surface area (Å²) in [5, 5.41) is 3.82. The number of hydrogen-bond donors (Lipinski definition) is 1. The number of nitrogens with zero attached hydrogens (tertiary/aromatic N) is 2. The molecular formula is C30H35Cl2N3O6S. The van der Waals surface area contributed by atoms with Crippen LogP contribution in [0.2, 0.25) is 10.0 Å². The van der Waals surface area contributed by atoms with Crippen LogP contribution in [0.25, 0.3) is 0 Å². The minimum absolute atomic E-state index is 0.0515. The van der Waals surface area contributed by atoms with Gasteiger partial charge in [-0.1, -0.05) is 42.3 Å². The van der Waals surface area contributed by atoms with Crippen LogP contribution in [-0.4, -0.2) is 58.0 Å². The van der Waals surface area contributed by atoms with E-state index in [-0.39, 0.29) is 34.8 Å². The minimum Gasteiger partial charge on any atom is -0.493 e. The van der Waals surface area contributed by atoms with E-state index in [2.05, 4.69) is 5.32 Å². The molecule has 0 spiro atoms. The van der Waals surface area contributed by atoms with Gasteiger partial charge in [-0.25, -0.2) is 8.42 Å². The second-order valence-electron chi connectivity index (χ2n) is 9.65. The first-order chi connectivity index (χ1) is 19.9. The lowest BCUT2D eigenvalue weighted by molar-refractivity contribution is -0.139. The molecule has 0 saturated heterocycles. The van der Waals surface area contributed by atoms with Crippen LogP contribution in [0, 0.1) is 0 Å². The Morgan fingerprint density at radius 3 is 2.00 bits per heavy atom. The molecule has 3 aromatic rings. The Bertz CT molecular complexity index is 1480. The number of anilines is 1. The lowest BCUT2D eigenvalue weighted by Crippen LogP contribution is -2.52. The number of carbonyl (C=O) groups is 2. The first-order valence-electron chi connectivity index (χ1n) is 13.3. The third kappa shape index (κ3) is 8.08. The van der Waals surface area contributed by atoms with Gasteiger partial charge in [-0.05, 0) is 74.4 Å². The molecule has 12 heteroatoms. The first-order valence-corrected chi connectivity index (χ1v) is 15.5. The third-order valence-corrected chi connectivity index (χ3v) is 9.04. The molecular weight excluding hydrogens is 601 g/mol. The summed E-state index contributed by atoms with van der Waals surface area (Å²) >= 11 is 12.1. The van der Waals surface area contributed by atoms with Gasteiger partial charge in [-0.15, -0.1) is 0 Å². The van der Waals surface area contributed by atoms with Crippen LogP contribution in [0.15, 0.2) is 71.6 Å². The number of amides is 2. The number of benzene rings is 3. The molecule has 226 valence electrons. The van der Waals surface area contributed by atoms with E-state index in [1.807, 2.05) is 13.8 Å². The van der Waals surface area contributed by atoms with Crippen LogP contribution < -0.4 is 19.1 Å². The van der Waals surface area contributed by atoms with Gasteiger partial charge in [0.1, 0.15) is 12.6 Å². The molecule has 0 aliphatic rings. The van der Waals surface area contributed by atoms with E-state index in [1.165, 1.54) is 61.6 Å². The summed E-state index contributed by atoms with van der Waals surface area (Å²) in [6, 6.07) is 16.1. The van der Waals surface area contributed by atoms with Crippen LogP contribution in [0.5, 0.6) is 11.5 Å². The van der Waals surface area contributed by atoms with Gasteiger partial charge >= 0.3 is 0 Å². The standard InChI is InChI=1S/C30H35Cl2N3O6S/c1-6-20(2)33-30(37)21(3)34(18-22-7-9-23(31)10-8-22)29(36)19-35(25-13-11-24(32)12-14-25)42(38,39)26-15-16-27(40-4)28(17-26)41-5/h7-17,20-21H,6,18-19H2,1-5H3,(H,33,37)/t20-,21-/m0/s1. The Labute approximate surface area is 257 Å². The van der Waals surface area contributed by atoms with Crippen LogP contribution >= 0.6 is 23.2 Å². The quantitative estimate of drug-likeness (QED) is 0.264. The molecule has 0 heterocycles. The largest absolute Gasteiger partial charge is 0.493 e. The summed E-state index contributed by atoms with van der Waals surface area (Å²) in [5.74, 6) is -0.385. The van der Waals surface area contributed by atoms with Crippen molar-refractivity contribution in [2.75, 3.05) is 25.1 Å². The van der Waals surface area contributed by atoms with Crippen LogP contribution in [0.4, 0.5) is 5.69 Å². The molecule has 9 nitrogen and oxygen atoms in total. The van der Waals surface area contributed by atoms with Gasteiger partial charge in [-0.2, -0.15) is 0 Å². The number of halogens is 2. The smallest absolute Gasteiger partial charge is 0.264 e. The van der Waals surface area contributed by atoms with Crippen LogP contribution in [0.3, 0.4) is 0 Å². The fraction of sp³-hybridized carbons (Fsp3) is 0.333. The summed E-state index contributed by atoms with van der Waals surface area (Å²) < 4.78 is 39.7. The van der Waals surface area contributed by atoms with Gasteiger partial charge in [-0.3, -0.25) is 13.9 Å². The summed E-state index contributed by atoms with van der Waals surface area (Å²) in [6.45, 7) is 4.88. The van der Waals surface area contributed by atoms with Crippen molar-refractivity contribution >= 4 is 50.7 Å². The van der Waals surface area contributed by atoms with Crippen LogP contribution in [-0.2, 0) is 26.2 Å². The molecule has 42 heavy (non-hydrogen) atoms. The SMILES string of the molecule is CC[C@H](C)NC(=O)[C@H](C)N(Cc1ccc(Cl)cc1)C(=O)CN(c1ccc(Cl)cc1)S(=O)(=O)c1ccc(OC)c(OC)c1. The number of ether oxygens (including phenoxy) is 2. The summed E-state index contributed by atoms with van der Waals surface area (Å²) in [7, 11) is -1.47. The molecule has 0 aromatic heterocycles. The molecule has 1 N–H and O–H groups in total. The number of methoxy groups -OCH3 is 2. The highest BCUT2D eigenvalue weighted by molar-refractivity contribution is 7.92. The van der Waals surface area contributed by atoms with E-state index in [1.54, 1.807) is 31.2 Å². The number of sulfonamides is 1. The average molecular weight is 637 g/mol. The Balaban J connectivity index is 2.06. The van der Waals surface area contributed by atoms with E-state index < -0.39 is 28.5 Å². The maximum Gasteiger partial charge on any atom is 0.264 e. The summed E-state index contributed by atoms with van der Waals surface area (Å²) in [6.07, 6.45) is 0.706. The van der Waals surface area contributed by atoms with Crippen molar-refractivity contribution in [2.45, 2.75) is 50.7 Å². The maximum absolute atomic E-state index is 14.1. The van der Waals surface area contributed by atoms with Gasteiger partial charge in [0.15, 0.2) is 11.5 Å². The van der Waals surface area contributed by atoms with Gasteiger partial charge in [0.05, 0.1) is 24.8 Å². The number of carbonyl (C=O) groups excluding carboxylic acids is 2. The number of hydrogen-bond acceptors (Lipinski definition) is 6. The second kappa shape index (κ2) is 14.6. The number of nitrogens with one attached hydrogen (secondary N) is 1. The Morgan fingerprint density at radius 1 is 0.881 bits per heavy atom. The molecule has 0 fully saturated rings.